The fourth-order valence-electron chi connectivity index (χ4n) is 3.99. The monoisotopic (exact) mass is 686 g/mol. The fourth-order valence-corrected chi connectivity index (χ4v) is 4.96. The number of nitrogens with one attached hydrogen (secondary N) is 2. The van der Waals surface area contributed by atoms with E-state index in [0.29, 0.717) is 24.1 Å². The van der Waals surface area contributed by atoms with E-state index in [1.165, 1.54) is 12.1 Å². The van der Waals surface area contributed by atoms with Crippen LogP contribution < -0.4 is 22.1 Å². The normalized spacial score (nSPS) is 17.0. The van der Waals surface area contributed by atoms with Crippen molar-refractivity contribution in [2.45, 2.75) is 55.1 Å². The maximum absolute atomic E-state index is 13.6. The van der Waals surface area contributed by atoms with Crippen LogP contribution in [0.5, 0.6) is 0 Å². The molecule has 20 heteroatoms. The number of aliphatic carboxylic acids is 1. The summed E-state index contributed by atoms with van der Waals surface area (Å²) in [5, 5.41) is 14.6. The van der Waals surface area contributed by atoms with Crippen LogP contribution >= 0.6 is 15.2 Å². The summed E-state index contributed by atoms with van der Waals surface area (Å²) in [4.78, 5) is 68.7. The number of carbonyl (C=O) groups excluding carboxylic acids is 2. The summed E-state index contributed by atoms with van der Waals surface area (Å²) in [7, 11) is -11.3. The standard InChI is InChI=1S/C15H19F2N2O6P.C10H13F2N2O4P/c16-15(17,26(23,24)25)10-5-3-9(4-6-10)8-12(14(21)22)19-13(20)11-2-1-7-18-11;11-10(12,19(16,17)18)7-3-1-6(2-4-7)5-8(13)9(14)15/h3-6,11-12,18H,1-2,7-8H2,(H,19,20)(H,21,22)(H2,23,24,25);1-4,8H,5,13H2,(H2,14,15)(H2,16,17,18)/t11-,12-;8-/m00/s1. The highest BCUT2D eigenvalue weighted by atomic mass is 31.2. The Balaban J connectivity index is 0.000000330. The minimum Gasteiger partial charge on any atom is -0.480 e. The topological polar surface area (TPSA) is 263 Å². The molecule has 1 saturated heterocycles. The number of carboxylic acid groups (broad SMARTS) is 1. The number of rotatable bonds is 12. The van der Waals surface area contributed by atoms with Crippen LogP contribution in [0.25, 0.3) is 0 Å². The predicted molar refractivity (Wildman–Crippen MR) is 150 cm³/mol. The Morgan fingerprint density at radius 2 is 1.29 bits per heavy atom. The molecule has 0 aromatic heterocycles. The molecule has 0 aliphatic carbocycles. The molecule has 0 radical (unpaired) electrons. The molecule has 11 N–H and O–H groups in total. The molecule has 2 amide bonds. The van der Waals surface area contributed by atoms with E-state index in [-0.39, 0.29) is 12.8 Å². The highest BCUT2D eigenvalue weighted by Crippen LogP contribution is 2.60. The lowest BCUT2D eigenvalue weighted by Crippen LogP contribution is -2.49. The van der Waals surface area contributed by atoms with Gasteiger partial charge in [0.25, 0.3) is 0 Å². The minimum absolute atomic E-state index is 0.0527. The van der Waals surface area contributed by atoms with Crippen molar-refractivity contribution in [2.24, 2.45) is 11.5 Å². The summed E-state index contributed by atoms with van der Waals surface area (Å²) in [6.07, 6.45) is 1.31. The van der Waals surface area contributed by atoms with Crippen molar-refractivity contribution in [3.63, 3.8) is 0 Å². The predicted octanol–water partition coefficient (Wildman–Crippen LogP) is 1.05. The molecule has 1 aliphatic heterocycles. The van der Waals surface area contributed by atoms with E-state index in [9.17, 15) is 46.2 Å². The molecule has 250 valence electrons. The Bertz CT molecular complexity index is 1450. The Kier molecular flexibility index (Phi) is 12.6. The number of nitrogens with two attached hydrogens (primary N) is 2. The van der Waals surface area contributed by atoms with Gasteiger partial charge in [-0.1, -0.05) is 48.5 Å². The molecule has 1 fully saturated rings. The molecule has 0 unspecified atom stereocenters. The molecule has 1 heterocycles. The van der Waals surface area contributed by atoms with E-state index < -0.39 is 73.6 Å². The van der Waals surface area contributed by atoms with Crippen molar-refractivity contribution in [3.8, 4) is 0 Å². The molecule has 3 rings (SSSR count). The van der Waals surface area contributed by atoms with Gasteiger partial charge in [0.15, 0.2) is 0 Å². The maximum atomic E-state index is 13.6. The third-order valence-corrected chi connectivity index (χ3v) is 8.57. The summed E-state index contributed by atoms with van der Waals surface area (Å²) in [6.45, 7) is 0.672. The number of primary amides is 1. The summed E-state index contributed by atoms with van der Waals surface area (Å²) in [5.74, 6) is -2.45. The molecule has 2 aromatic carbocycles. The highest BCUT2D eigenvalue weighted by molar-refractivity contribution is 7.52. The van der Waals surface area contributed by atoms with Crippen molar-refractivity contribution >= 4 is 33.0 Å². The second-order valence-corrected chi connectivity index (χ2v) is 13.3. The molecule has 3 atom stereocenters. The first-order chi connectivity index (χ1) is 20.6. The number of hydrogen-bond donors (Lipinski definition) is 9. The van der Waals surface area contributed by atoms with Crippen molar-refractivity contribution in [1.82, 2.24) is 10.6 Å². The van der Waals surface area contributed by atoms with Gasteiger partial charge in [-0.15, -0.1) is 0 Å². The number of benzene rings is 2. The van der Waals surface area contributed by atoms with Crippen LogP contribution in [0.4, 0.5) is 17.6 Å². The van der Waals surface area contributed by atoms with Crippen LogP contribution in [0.15, 0.2) is 48.5 Å². The zero-order valence-electron chi connectivity index (χ0n) is 23.2. The van der Waals surface area contributed by atoms with Gasteiger partial charge in [0.05, 0.1) is 12.1 Å². The van der Waals surface area contributed by atoms with Gasteiger partial charge >= 0.3 is 32.5 Å². The number of hydrogen-bond acceptors (Lipinski definition) is 7. The van der Waals surface area contributed by atoms with E-state index in [1.807, 2.05) is 0 Å². The number of alkyl halides is 4. The largest absolute Gasteiger partial charge is 0.480 e. The van der Waals surface area contributed by atoms with Gasteiger partial charge in [-0.3, -0.25) is 18.7 Å². The molecule has 2 aromatic rings. The summed E-state index contributed by atoms with van der Waals surface area (Å²) >= 11 is 0. The first kappa shape index (κ1) is 38.0. The Morgan fingerprint density at radius 1 is 0.867 bits per heavy atom. The molecule has 0 saturated carbocycles. The van der Waals surface area contributed by atoms with Crippen molar-refractivity contribution in [3.05, 3.63) is 70.8 Å². The van der Waals surface area contributed by atoms with Gasteiger partial charge in [-0.2, -0.15) is 17.6 Å². The lowest BCUT2D eigenvalue weighted by atomic mass is 10.0. The van der Waals surface area contributed by atoms with Crippen molar-refractivity contribution < 1.29 is 65.8 Å². The molecule has 45 heavy (non-hydrogen) atoms. The number of carbonyl (C=O) groups is 3. The van der Waals surface area contributed by atoms with Crippen LogP contribution in [-0.2, 0) is 47.7 Å². The van der Waals surface area contributed by atoms with Crippen LogP contribution in [0.3, 0.4) is 0 Å². The van der Waals surface area contributed by atoms with Gasteiger partial charge in [0.1, 0.15) is 6.04 Å². The van der Waals surface area contributed by atoms with Gasteiger partial charge < -0.3 is 46.8 Å². The second-order valence-electron chi connectivity index (χ2n) is 10.0. The van der Waals surface area contributed by atoms with E-state index in [0.717, 1.165) is 42.8 Å². The smallest absolute Gasteiger partial charge is 0.399 e. The third-order valence-electron chi connectivity index (χ3n) is 6.59. The molecular weight excluding hydrogens is 654 g/mol. The highest BCUT2D eigenvalue weighted by Gasteiger charge is 2.51. The lowest BCUT2D eigenvalue weighted by molar-refractivity contribution is -0.142. The Hall–Kier alpha value is -3.21. The van der Waals surface area contributed by atoms with Crippen LogP contribution in [0.1, 0.15) is 35.1 Å². The van der Waals surface area contributed by atoms with Crippen molar-refractivity contribution in [1.29, 1.82) is 0 Å². The van der Waals surface area contributed by atoms with E-state index in [1.54, 1.807) is 0 Å². The minimum atomic E-state index is -5.67. The molecule has 0 spiro atoms. The molecule has 14 nitrogen and oxygen atoms in total. The Labute approximate surface area is 253 Å². The van der Waals surface area contributed by atoms with Crippen LogP contribution in [-0.4, -0.2) is 67.1 Å². The van der Waals surface area contributed by atoms with Gasteiger partial charge in [-0.25, -0.2) is 4.79 Å². The average molecular weight is 686 g/mol. The number of halogens is 4. The zero-order valence-corrected chi connectivity index (χ0v) is 25.0. The van der Waals surface area contributed by atoms with Crippen LogP contribution in [0, 0.1) is 0 Å². The van der Waals surface area contributed by atoms with Gasteiger partial charge in [0.2, 0.25) is 11.8 Å². The Morgan fingerprint density at radius 3 is 1.62 bits per heavy atom. The molecular formula is C25H32F4N4O10P2. The first-order valence-corrected chi connectivity index (χ1v) is 16.2. The van der Waals surface area contributed by atoms with Gasteiger partial charge in [0, 0.05) is 17.5 Å². The maximum Gasteiger partial charge on any atom is 0.399 e. The molecule has 0 bridgehead atoms. The van der Waals surface area contributed by atoms with E-state index in [4.69, 9.17) is 31.0 Å². The number of amides is 2. The number of carboxylic acids is 1. The molecule has 1 aliphatic rings. The second kappa shape index (κ2) is 14.9. The fraction of sp³-hybridized carbons (Fsp3) is 0.400. The summed E-state index contributed by atoms with van der Waals surface area (Å²) in [5.41, 5.74) is 0.856. The lowest BCUT2D eigenvalue weighted by Gasteiger charge is -2.19. The van der Waals surface area contributed by atoms with Crippen molar-refractivity contribution in [2.75, 3.05) is 6.54 Å². The van der Waals surface area contributed by atoms with E-state index >= 15 is 0 Å². The zero-order chi connectivity index (χ0) is 34.4. The summed E-state index contributed by atoms with van der Waals surface area (Å²) < 4.78 is 75.4. The van der Waals surface area contributed by atoms with E-state index in [2.05, 4.69) is 10.6 Å². The third kappa shape index (κ3) is 10.1. The van der Waals surface area contributed by atoms with Gasteiger partial charge in [-0.05, 0) is 36.9 Å². The quantitative estimate of drug-likeness (QED) is 0.112. The SMILES string of the molecule is NC(=O)[C@@H](N)Cc1ccc(C(F)(F)P(=O)(O)O)cc1.O=C(O)[C@H](Cc1ccc(C(F)(F)P(=O)(O)O)cc1)NC(=O)[C@@H]1CCCN1. The summed E-state index contributed by atoms with van der Waals surface area (Å²) in [6, 6.07) is 5.46. The average Bonchev–Trinajstić information content (AvgIpc) is 3.48. The van der Waals surface area contributed by atoms with Crippen LogP contribution in [0.2, 0.25) is 0 Å². The first-order valence-electron chi connectivity index (χ1n) is 12.9.